The number of rotatable bonds is 7. The third-order valence-electron chi connectivity index (χ3n) is 9.42. The first kappa shape index (κ1) is 29.6. The van der Waals surface area contributed by atoms with Gasteiger partial charge in [0, 0.05) is 31.1 Å². The van der Waals surface area contributed by atoms with Gasteiger partial charge in [-0.1, -0.05) is 43.8 Å². The van der Waals surface area contributed by atoms with Crippen molar-refractivity contribution >= 4 is 22.5 Å². The summed E-state index contributed by atoms with van der Waals surface area (Å²) in [5.41, 5.74) is 6.76. The van der Waals surface area contributed by atoms with Gasteiger partial charge in [0.05, 0.1) is 11.2 Å². The molecule has 0 saturated carbocycles. The average Bonchev–Trinajstić information content (AvgIpc) is 3.62. The van der Waals surface area contributed by atoms with Gasteiger partial charge in [0.1, 0.15) is 24.3 Å². The standard InChI is InChI=1S/C35H37FN6O2/c1-22-15-24-7-5-9-28(30(24)16-22)25-10-11-29-32(17-25)39-34(44-21-26-8-6-12-40(26)4)31(18-37)33(29)41-13-14-42(35(43)23(2)36)27(20-41)19-38-3/h5,7,9-11,17,22,26-27H,2,6,8,12-16,19-21H2,1,4H3/t22?,26-,27-/m0/s1. The van der Waals surface area contributed by atoms with Gasteiger partial charge >= 0.3 is 0 Å². The van der Waals surface area contributed by atoms with Crippen molar-refractivity contribution in [1.29, 1.82) is 5.26 Å². The lowest BCUT2D eigenvalue weighted by Gasteiger charge is -2.40. The first-order chi connectivity index (χ1) is 21.3. The number of amides is 1. The summed E-state index contributed by atoms with van der Waals surface area (Å²) in [5, 5.41) is 11.3. The number of anilines is 1. The van der Waals surface area contributed by atoms with Crippen molar-refractivity contribution in [3.8, 4) is 23.1 Å². The van der Waals surface area contributed by atoms with E-state index in [1.54, 1.807) is 0 Å². The number of likely N-dealkylation sites (tertiary alicyclic amines) is 1. The minimum absolute atomic E-state index is 0.0134. The summed E-state index contributed by atoms with van der Waals surface area (Å²) in [6.45, 7) is 15.2. The quantitative estimate of drug-likeness (QED) is 0.270. The zero-order valence-electron chi connectivity index (χ0n) is 25.4. The number of halogens is 1. The molecule has 0 N–H and O–H groups in total. The van der Waals surface area contributed by atoms with Crippen molar-refractivity contribution in [2.75, 3.05) is 51.3 Å². The van der Waals surface area contributed by atoms with E-state index in [-0.39, 0.29) is 31.6 Å². The molecule has 0 radical (unpaired) electrons. The van der Waals surface area contributed by atoms with Gasteiger partial charge in [0.2, 0.25) is 12.4 Å². The van der Waals surface area contributed by atoms with Gasteiger partial charge in [-0.25, -0.2) is 15.9 Å². The Bertz CT molecular complexity index is 1710. The molecular formula is C35H37FN6O2. The van der Waals surface area contributed by atoms with Crippen LogP contribution < -0.4 is 9.64 Å². The number of carbonyl (C=O) groups excluding carboxylic acids is 1. The van der Waals surface area contributed by atoms with Crippen LogP contribution in [0.3, 0.4) is 0 Å². The second-order valence-corrected chi connectivity index (χ2v) is 12.4. The fourth-order valence-electron chi connectivity index (χ4n) is 7.17. The van der Waals surface area contributed by atoms with E-state index in [1.807, 2.05) is 11.0 Å². The van der Waals surface area contributed by atoms with Crippen LogP contribution in [0.5, 0.6) is 5.88 Å². The van der Waals surface area contributed by atoms with Crippen molar-refractivity contribution in [3.05, 3.63) is 76.9 Å². The molecule has 3 aliphatic rings. The number of nitriles is 1. The van der Waals surface area contributed by atoms with E-state index in [1.165, 1.54) is 21.6 Å². The zero-order valence-corrected chi connectivity index (χ0v) is 25.4. The normalized spacial score (nSPS) is 21.6. The fourth-order valence-corrected chi connectivity index (χ4v) is 7.17. The highest BCUT2D eigenvalue weighted by molar-refractivity contribution is 5.98. The molecule has 9 heteroatoms. The van der Waals surface area contributed by atoms with E-state index in [2.05, 4.69) is 66.7 Å². The number of carbonyl (C=O) groups is 1. The second kappa shape index (κ2) is 12.3. The molecule has 1 aromatic heterocycles. The summed E-state index contributed by atoms with van der Waals surface area (Å²) in [4.78, 5) is 26.7. The van der Waals surface area contributed by atoms with Crippen LogP contribution in [0.15, 0.2) is 48.8 Å². The number of hydrogen-bond acceptors (Lipinski definition) is 6. The molecule has 1 unspecified atom stereocenters. The van der Waals surface area contributed by atoms with E-state index in [0.717, 1.165) is 43.2 Å². The molecule has 0 bridgehead atoms. The molecule has 1 amide bonds. The molecular weight excluding hydrogens is 555 g/mol. The molecule has 2 aromatic carbocycles. The van der Waals surface area contributed by atoms with Crippen molar-refractivity contribution in [2.45, 2.75) is 44.7 Å². The van der Waals surface area contributed by atoms with Gasteiger partial charge in [0.15, 0.2) is 5.83 Å². The lowest BCUT2D eigenvalue weighted by molar-refractivity contribution is -0.131. The molecule has 226 valence electrons. The number of benzene rings is 2. The highest BCUT2D eigenvalue weighted by Crippen LogP contribution is 2.40. The molecule has 2 saturated heterocycles. The van der Waals surface area contributed by atoms with Crippen LogP contribution >= 0.6 is 0 Å². The molecule has 3 aromatic rings. The Labute approximate surface area is 258 Å². The maximum Gasteiger partial charge on any atom is 0.282 e. The Balaban J connectivity index is 1.45. The highest BCUT2D eigenvalue weighted by Gasteiger charge is 2.36. The predicted octanol–water partition coefficient (Wildman–Crippen LogP) is 5.40. The van der Waals surface area contributed by atoms with Gasteiger partial charge in [-0.05, 0) is 73.5 Å². The van der Waals surface area contributed by atoms with Crippen molar-refractivity contribution in [3.63, 3.8) is 0 Å². The number of likely N-dealkylation sites (N-methyl/N-ethyl adjacent to an activating group) is 1. The van der Waals surface area contributed by atoms with Crippen molar-refractivity contribution < 1.29 is 13.9 Å². The van der Waals surface area contributed by atoms with E-state index in [4.69, 9.17) is 16.3 Å². The maximum absolute atomic E-state index is 13.9. The Morgan fingerprint density at radius 2 is 2.07 bits per heavy atom. The van der Waals surface area contributed by atoms with Crippen molar-refractivity contribution in [1.82, 2.24) is 14.8 Å². The predicted molar refractivity (Wildman–Crippen MR) is 169 cm³/mol. The second-order valence-electron chi connectivity index (χ2n) is 12.4. The summed E-state index contributed by atoms with van der Waals surface area (Å²) in [6, 6.07) is 14.7. The number of nitrogens with zero attached hydrogens (tertiary/aromatic N) is 6. The van der Waals surface area contributed by atoms with Crippen LogP contribution in [0, 0.1) is 23.8 Å². The van der Waals surface area contributed by atoms with Gasteiger partial charge in [0.25, 0.3) is 5.91 Å². The molecule has 1 aliphatic carbocycles. The van der Waals surface area contributed by atoms with E-state index >= 15 is 0 Å². The average molecular weight is 593 g/mol. The summed E-state index contributed by atoms with van der Waals surface area (Å²) < 4.78 is 20.2. The number of hydrogen-bond donors (Lipinski definition) is 0. The van der Waals surface area contributed by atoms with Crippen LogP contribution in [0.25, 0.3) is 26.9 Å². The SMILES string of the molecule is [C-]#[N+]C[C@H]1CN(c2c(C#N)c(OC[C@@H]3CCCN3C)nc3cc(-c4cccc5c4CC(C)C5)ccc23)CCN1C(=O)C(=C)F. The van der Waals surface area contributed by atoms with Crippen LogP contribution in [-0.4, -0.2) is 79.2 Å². The number of fused-ring (bicyclic) bond motifs is 2. The van der Waals surface area contributed by atoms with E-state index < -0.39 is 17.8 Å². The summed E-state index contributed by atoms with van der Waals surface area (Å²) >= 11 is 0. The van der Waals surface area contributed by atoms with Gasteiger partial charge in [-0.2, -0.15) is 5.26 Å². The van der Waals surface area contributed by atoms with E-state index in [9.17, 15) is 14.4 Å². The first-order valence-electron chi connectivity index (χ1n) is 15.3. The Hall–Kier alpha value is -4.47. The van der Waals surface area contributed by atoms with Crippen molar-refractivity contribution in [2.24, 2.45) is 5.92 Å². The number of pyridine rings is 1. The van der Waals surface area contributed by atoms with Gasteiger partial charge in [-0.3, -0.25) is 4.79 Å². The van der Waals surface area contributed by atoms with Crippen LogP contribution in [0.2, 0.25) is 0 Å². The Kier molecular flexibility index (Phi) is 8.25. The summed E-state index contributed by atoms with van der Waals surface area (Å²) in [6.07, 6.45) is 4.24. The fraction of sp³-hybridized carbons (Fsp3) is 0.429. The summed E-state index contributed by atoms with van der Waals surface area (Å²) in [7, 11) is 2.08. The monoisotopic (exact) mass is 592 g/mol. The topological polar surface area (TPSA) is 77.1 Å². The minimum atomic E-state index is -1.04. The molecule has 3 heterocycles. The van der Waals surface area contributed by atoms with E-state index in [0.29, 0.717) is 35.8 Å². The summed E-state index contributed by atoms with van der Waals surface area (Å²) in [5.74, 6) is -0.941. The lowest BCUT2D eigenvalue weighted by Crippen LogP contribution is -2.56. The Morgan fingerprint density at radius 1 is 1.23 bits per heavy atom. The van der Waals surface area contributed by atoms with Crippen LogP contribution in [0.4, 0.5) is 10.1 Å². The van der Waals surface area contributed by atoms with Gasteiger partial charge < -0.3 is 24.3 Å². The largest absolute Gasteiger partial charge is 0.475 e. The lowest BCUT2D eigenvalue weighted by atomic mass is 9.95. The molecule has 0 spiro atoms. The zero-order chi connectivity index (χ0) is 31.0. The number of ether oxygens (including phenoxy) is 1. The molecule has 3 atom stereocenters. The number of piperazine rings is 1. The third kappa shape index (κ3) is 5.49. The maximum atomic E-state index is 13.9. The molecule has 8 nitrogen and oxygen atoms in total. The molecule has 6 rings (SSSR count). The molecule has 44 heavy (non-hydrogen) atoms. The smallest absolute Gasteiger partial charge is 0.282 e. The minimum Gasteiger partial charge on any atom is -0.475 e. The molecule has 2 fully saturated rings. The van der Waals surface area contributed by atoms with Crippen LogP contribution in [-0.2, 0) is 17.6 Å². The Morgan fingerprint density at radius 3 is 2.80 bits per heavy atom. The third-order valence-corrected chi connectivity index (χ3v) is 9.42. The molecule has 2 aliphatic heterocycles. The number of aromatic nitrogens is 1. The first-order valence-corrected chi connectivity index (χ1v) is 15.3. The highest BCUT2D eigenvalue weighted by atomic mass is 19.1. The van der Waals surface area contributed by atoms with Gasteiger partial charge in [-0.15, -0.1) is 0 Å². The van der Waals surface area contributed by atoms with Crippen LogP contribution in [0.1, 0.15) is 36.5 Å².